The first-order valence-corrected chi connectivity index (χ1v) is 9.62. The van der Waals surface area contributed by atoms with Crippen LogP contribution in [0.25, 0.3) is 0 Å². The van der Waals surface area contributed by atoms with Crippen molar-refractivity contribution in [3.63, 3.8) is 0 Å². The number of likely N-dealkylation sites (tertiary alicyclic amines) is 1. The molecule has 0 bridgehead atoms. The van der Waals surface area contributed by atoms with Crippen LogP contribution in [-0.2, 0) is 25.9 Å². The summed E-state index contributed by atoms with van der Waals surface area (Å²) >= 11 is 0. The molecule has 0 saturated carbocycles. The molecule has 6 nitrogen and oxygen atoms in total. The predicted molar refractivity (Wildman–Crippen MR) is 95.0 cm³/mol. The Morgan fingerprint density at radius 1 is 1.36 bits per heavy atom. The smallest absolute Gasteiger partial charge is 0.254 e. The van der Waals surface area contributed by atoms with Gasteiger partial charge in [-0.15, -0.1) is 0 Å². The number of allylic oxidation sites excluding steroid dienone is 1. The molecule has 0 atom stereocenters. The summed E-state index contributed by atoms with van der Waals surface area (Å²) in [7, 11) is -3.58. The van der Waals surface area contributed by atoms with E-state index in [1.807, 2.05) is 30.3 Å². The molecule has 1 amide bonds. The summed E-state index contributed by atoms with van der Waals surface area (Å²) < 4.78 is 28.2. The zero-order valence-electron chi connectivity index (χ0n) is 14.2. The summed E-state index contributed by atoms with van der Waals surface area (Å²) in [4.78, 5) is 14.1. The van der Waals surface area contributed by atoms with Gasteiger partial charge in [0.25, 0.3) is 5.91 Å². The fourth-order valence-electron chi connectivity index (χ4n) is 2.51. The van der Waals surface area contributed by atoms with Gasteiger partial charge in [0.1, 0.15) is 0 Å². The van der Waals surface area contributed by atoms with E-state index in [0.29, 0.717) is 19.5 Å². The summed E-state index contributed by atoms with van der Waals surface area (Å²) in [5, 5.41) is 9.94. The number of nitrogens with zero attached hydrogens (tertiary/aromatic N) is 1. The molecule has 0 aliphatic carbocycles. The maximum atomic E-state index is 12.5. The topological polar surface area (TPSA) is 83.9 Å². The number of amides is 1. The van der Waals surface area contributed by atoms with Gasteiger partial charge in [-0.25, -0.2) is 8.42 Å². The third-order valence-corrected chi connectivity index (χ3v) is 4.82. The summed E-state index contributed by atoms with van der Waals surface area (Å²) in [6, 6.07) is 9.52. The molecule has 2 rings (SSSR count). The van der Waals surface area contributed by atoms with Crippen LogP contribution < -0.4 is 0 Å². The van der Waals surface area contributed by atoms with Crippen LogP contribution in [0.5, 0.6) is 0 Å². The van der Waals surface area contributed by atoms with Crippen molar-refractivity contribution in [3.05, 3.63) is 70.7 Å². The van der Waals surface area contributed by atoms with Crippen LogP contribution in [0.15, 0.2) is 65.2 Å². The number of hydrogen-bond donors (Lipinski definition) is 1. The van der Waals surface area contributed by atoms with Crippen LogP contribution in [0.3, 0.4) is 0 Å². The third-order valence-electron chi connectivity index (χ3n) is 3.77. The highest BCUT2D eigenvalue weighted by molar-refractivity contribution is 7.94. The Bertz CT molecular complexity index is 837. The average molecular weight is 363 g/mol. The van der Waals surface area contributed by atoms with Crippen molar-refractivity contribution >= 4 is 15.7 Å². The van der Waals surface area contributed by atoms with E-state index in [2.05, 4.69) is 6.58 Å². The number of aliphatic hydroxyl groups excluding tert-OH is 1. The molecule has 0 radical (unpaired) electrons. The van der Waals surface area contributed by atoms with Gasteiger partial charge in [0.05, 0.1) is 5.57 Å². The molecule has 1 heterocycles. The zero-order chi connectivity index (χ0) is 18.6. The molecule has 1 aromatic carbocycles. The van der Waals surface area contributed by atoms with E-state index in [0.717, 1.165) is 11.8 Å². The molecular formula is C18H21NO5S. The quantitative estimate of drug-likeness (QED) is 0.620. The van der Waals surface area contributed by atoms with Crippen molar-refractivity contribution < 1.29 is 23.1 Å². The van der Waals surface area contributed by atoms with Crippen LogP contribution in [0.2, 0.25) is 0 Å². The molecular weight excluding hydrogens is 342 g/mol. The Balaban J connectivity index is 2.14. The highest BCUT2D eigenvalue weighted by Crippen LogP contribution is 2.26. The number of ether oxygens (including phenoxy) is 1. The fraction of sp³-hybridized carbons (Fsp3) is 0.278. The SMILES string of the molecule is C=C(O/C(=C\C)S(C)(=O)=O)/C(O)=C1\CCN(Cc2ccccc2)C1=O. The van der Waals surface area contributed by atoms with Crippen molar-refractivity contribution in [1.29, 1.82) is 0 Å². The Labute approximate surface area is 147 Å². The number of carbonyl (C=O) groups is 1. The van der Waals surface area contributed by atoms with Gasteiger partial charge in [-0.3, -0.25) is 4.79 Å². The summed E-state index contributed by atoms with van der Waals surface area (Å²) in [5.41, 5.74) is 1.16. The van der Waals surface area contributed by atoms with E-state index < -0.39 is 15.6 Å². The van der Waals surface area contributed by atoms with E-state index >= 15 is 0 Å². The number of aliphatic hydroxyl groups is 1. The predicted octanol–water partition coefficient (Wildman–Crippen LogP) is 2.67. The lowest BCUT2D eigenvalue weighted by molar-refractivity contribution is -0.125. The second-order valence-corrected chi connectivity index (χ2v) is 7.64. The van der Waals surface area contributed by atoms with Crippen molar-refractivity contribution in [2.24, 2.45) is 0 Å². The second kappa shape index (κ2) is 7.57. The van der Waals surface area contributed by atoms with Crippen molar-refractivity contribution in [1.82, 2.24) is 4.90 Å². The van der Waals surface area contributed by atoms with Crippen molar-refractivity contribution in [2.45, 2.75) is 19.9 Å². The largest absolute Gasteiger partial charge is 0.504 e. The van der Waals surface area contributed by atoms with E-state index in [1.165, 1.54) is 13.0 Å². The van der Waals surface area contributed by atoms with Gasteiger partial charge in [0.2, 0.25) is 14.9 Å². The van der Waals surface area contributed by atoms with Gasteiger partial charge in [-0.05, 0) is 25.0 Å². The lowest BCUT2D eigenvalue weighted by Crippen LogP contribution is -2.25. The molecule has 25 heavy (non-hydrogen) atoms. The van der Waals surface area contributed by atoms with E-state index in [9.17, 15) is 18.3 Å². The van der Waals surface area contributed by atoms with Crippen molar-refractivity contribution in [3.8, 4) is 0 Å². The normalized spacial score (nSPS) is 17.6. The molecule has 0 aromatic heterocycles. The standard InChI is InChI=1S/C18H21NO5S/c1-4-16(25(3,22)23)24-13(2)17(20)15-10-11-19(18(15)21)12-14-8-6-5-7-9-14/h4-9,20H,2,10-12H2,1,3H3/b16-4+,17-15-. The minimum Gasteiger partial charge on any atom is -0.504 e. The number of sulfone groups is 1. The van der Waals surface area contributed by atoms with Gasteiger partial charge < -0.3 is 14.7 Å². The summed E-state index contributed by atoms with van der Waals surface area (Å²) in [6.07, 6.45) is 2.59. The molecule has 0 spiro atoms. The molecule has 134 valence electrons. The first-order chi connectivity index (χ1) is 11.7. The fourth-order valence-corrected chi connectivity index (χ4v) is 3.19. The number of carbonyl (C=O) groups excluding carboxylic acids is 1. The van der Waals surface area contributed by atoms with Gasteiger partial charge in [-0.1, -0.05) is 36.9 Å². The molecule has 0 unspecified atom stereocenters. The maximum Gasteiger partial charge on any atom is 0.254 e. The molecule has 1 aliphatic heterocycles. The van der Waals surface area contributed by atoms with Gasteiger partial charge >= 0.3 is 0 Å². The van der Waals surface area contributed by atoms with E-state index in [1.54, 1.807) is 4.90 Å². The van der Waals surface area contributed by atoms with Crippen LogP contribution in [0, 0.1) is 0 Å². The lowest BCUT2D eigenvalue weighted by Gasteiger charge is -2.15. The van der Waals surface area contributed by atoms with E-state index in [-0.39, 0.29) is 22.3 Å². The minimum absolute atomic E-state index is 0.171. The molecule has 7 heteroatoms. The number of benzene rings is 1. The second-order valence-electron chi connectivity index (χ2n) is 5.69. The first kappa shape index (κ1) is 18.8. The highest BCUT2D eigenvalue weighted by atomic mass is 32.2. The van der Waals surface area contributed by atoms with Crippen LogP contribution in [0.1, 0.15) is 18.9 Å². The van der Waals surface area contributed by atoms with Crippen LogP contribution in [0.4, 0.5) is 0 Å². The summed E-state index contributed by atoms with van der Waals surface area (Å²) in [5.74, 6) is -0.987. The molecule has 1 N–H and O–H groups in total. The van der Waals surface area contributed by atoms with Gasteiger partial charge in [-0.2, -0.15) is 0 Å². The van der Waals surface area contributed by atoms with Gasteiger partial charge in [0, 0.05) is 19.3 Å². The first-order valence-electron chi connectivity index (χ1n) is 7.73. The van der Waals surface area contributed by atoms with Crippen LogP contribution in [-0.4, -0.2) is 37.1 Å². The van der Waals surface area contributed by atoms with Crippen LogP contribution >= 0.6 is 0 Å². The van der Waals surface area contributed by atoms with Gasteiger partial charge in [0.15, 0.2) is 11.5 Å². The Morgan fingerprint density at radius 2 is 2.00 bits per heavy atom. The summed E-state index contributed by atoms with van der Waals surface area (Å²) in [6.45, 7) is 5.93. The maximum absolute atomic E-state index is 12.5. The Hall–Kier alpha value is -2.54. The zero-order valence-corrected chi connectivity index (χ0v) is 15.0. The number of rotatable bonds is 6. The third kappa shape index (κ3) is 4.51. The van der Waals surface area contributed by atoms with Crippen molar-refractivity contribution in [2.75, 3.05) is 12.8 Å². The Kier molecular flexibility index (Phi) is 5.69. The molecule has 1 aromatic rings. The average Bonchev–Trinajstić information content (AvgIpc) is 2.92. The molecule has 1 aliphatic rings. The highest BCUT2D eigenvalue weighted by Gasteiger charge is 2.30. The monoisotopic (exact) mass is 363 g/mol. The lowest BCUT2D eigenvalue weighted by atomic mass is 10.2. The molecule has 1 saturated heterocycles. The minimum atomic E-state index is -3.58. The Morgan fingerprint density at radius 3 is 2.56 bits per heavy atom. The number of hydrogen-bond acceptors (Lipinski definition) is 5. The molecule has 1 fully saturated rings. The van der Waals surface area contributed by atoms with E-state index in [4.69, 9.17) is 4.74 Å².